The quantitative estimate of drug-likeness (QED) is 0.601. The summed E-state index contributed by atoms with van der Waals surface area (Å²) in [6.45, 7) is 4.90. The lowest BCUT2D eigenvalue weighted by Crippen LogP contribution is -2.27. The van der Waals surface area contributed by atoms with Crippen LogP contribution in [0.3, 0.4) is 0 Å². The fourth-order valence-corrected chi connectivity index (χ4v) is 1.96. The Bertz CT molecular complexity index is 406. The first kappa shape index (κ1) is 18.5. The average Bonchev–Trinajstić information content (AvgIpc) is 2.54. The third-order valence-electron chi connectivity index (χ3n) is 3.17. The van der Waals surface area contributed by atoms with Gasteiger partial charge in [0.2, 0.25) is 5.91 Å². The van der Waals surface area contributed by atoms with Gasteiger partial charge in [0, 0.05) is 19.6 Å². The summed E-state index contributed by atoms with van der Waals surface area (Å²) in [6.07, 6.45) is 2.26. The van der Waals surface area contributed by atoms with Gasteiger partial charge in [-0.1, -0.05) is 12.1 Å². The molecule has 0 saturated carbocycles. The third kappa shape index (κ3) is 8.64. The van der Waals surface area contributed by atoms with E-state index >= 15 is 0 Å². The molecule has 0 heterocycles. The summed E-state index contributed by atoms with van der Waals surface area (Å²) in [5, 5.41) is 2.85. The van der Waals surface area contributed by atoms with Crippen molar-refractivity contribution < 1.29 is 19.0 Å². The van der Waals surface area contributed by atoms with Crippen LogP contribution in [0, 0.1) is 0 Å². The molecule has 0 unspecified atom stereocenters. The fourth-order valence-electron chi connectivity index (χ4n) is 1.96. The highest BCUT2D eigenvalue weighted by molar-refractivity contribution is 5.75. The van der Waals surface area contributed by atoms with Crippen molar-refractivity contribution in [3.05, 3.63) is 29.8 Å². The highest BCUT2D eigenvalue weighted by Gasteiger charge is 2.01. The highest BCUT2D eigenvalue weighted by atomic mass is 16.5. The van der Waals surface area contributed by atoms with Gasteiger partial charge in [0.1, 0.15) is 5.75 Å². The second kappa shape index (κ2) is 12.0. The van der Waals surface area contributed by atoms with Crippen LogP contribution in [0.4, 0.5) is 0 Å². The van der Waals surface area contributed by atoms with Gasteiger partial charge in [-0.25, -0.2) is 0 Å². The van der Waals surface area contributed by atoms with E-state index in [0.717, 1.165) is 18.6 Å². The van der Waals surface area contributed by atoms with Crippen LogP contribution in [0.1, 0.15) is 25.3 Å². The Morgan fingerprint density at radius 1 is 1.09 bits per heavy atom. The Balaban J connectivity index is 2.01. The van der Waals surface area contributed by atoms with Gasteiger partial charge in [0.25, 0.3) is 0 Å². The second-order valence-electron chi connectivity index (χ2n) is 4.86. The minimum Gasteiger partial charge on any atom is -0.497 e. The molecule has 1 amide bonds. The Kier molecular flexibility index (Phi) is 10.1. The van der Waals surface area contributed by atoms with Crippen molar-refractivity contribution in [2.24, 2.45) is 0 Å². The number of nitrogens with one attached hydrogen (secondary N) is 1. The monoisotopic (exact) mass is 309 g/mol. The van der Waals surface area contributed by atoms with Gasteiger partial charge in [-0.3, -0.25) is 4.79 Å². The molecule has 124 valence electrons. The summed E-state index contributed by atoms with van der Waals surface area (Å²) in [4.78, 5) is 11.7. The molecule has 1 aromatic carbocycles. The zero-order valence-corrected chi connectivity index (χ0v) is 13.6. The number of hydrogen-bond donors (Lipinski definition) is 1. The Hall–Kier alpha value is -1.59. The smallest absolute Gasteiger partial charge is 0.220 e. The minimum atomic E-state index is 0.0712. The first-order valence-corrected chi connectivity index (χ1v) is 7.81. The largest absolute Gasteiger partial charge is 0.497 e. The van der Waals surface area contributed by atoms with Crippen LogP contribution in [0.5, 0.6) is 5.75 Å². The molecule has 0 fully saturated rings. The summed E-state index contributed by atoms with van der Waals surface area (Å²) in [5.41, 5.74) is 1.22. The van der Waals surface area contributed by atoms with E-state index in [1.807, 2.05) is 31.2 Å². The Morgan fingerprint density at radius 2 is 1.82 bits per heavy atom. The maximum atomic E-state index is 11.7. The van der Waals surface area contributed by atoms with Crippen LogP contribution in [0.15, 0.2) is 24.3 Å². The molecule has 0 aromatic heterocycles. The van der Waals surface area contributed by atoms with E-state index in [9.17, 15) is 4.79 Å². The van der Waals surface area contributed by atoms with Crippen LogP contribution in [-0.4, -0.2) is 46.0 Å². The van der Waals surface area contributed by atoms with Crippen molar-refractivity contribution in [2.45, 2.75) is 26.2 Å². The van der Waals surface area contributed by atoms with Gasteiger partial charge < -0.3 is 19.5 Å². The van der Waals surface area contributed by atoms with E-state index in [-0.39, 0.29) is 5.91 Å². The van der Waals surface area contributed by atoms with Gasteiger partial charge in [0.05, 0.1) is 26.9 Å². The molecule has 0 spiro atoms. The number of carbonyl (C=O) groups excluding carboxylic acids is 1. The van der Waals surface area contributed by atoms with E-state index in [1.54, 1.807) is 7.11 Å². The molecule has 1 aromatic rings. The van der Waals surface area contributed by atoms with Crippen LogP contribution >= 0.6 is 0 Å². The first-order valence-electron chi connectivity index (χ1n) is 7.81. The van der Waals surface area contributed by atoms with Crippen LogP contribution < -0.4 is 10.1 Å². The van der Waals surface area contributed by atoms with Crippen molar-refractivity contribution >= 4 is 5.91 Å². The maximum absolute atomic E-state index is 11.7. The third-order valence-corrected chi connectivity index (χ3v) is 3.17. The molecule has 0 radical (unpaired) electrons. The molecule has 1 rings (SSSR count). The SMILES string of the molecule is CCOCCOCCNC(=O)CCCc1ccc(OC)cc1. The van der Waals surface area contributed by atoms with Gasteiger partial charge in [0.15, 0.2) is 0 Å². The van der Waals surface area contributed by atoms with Crippen molar-refractivity contribution in [1.82, 2.24) is 5.32 Å². The number of methoxy groups -OCH3 is 1. The first-order chi connectivity index (χ1) is 10.8. The molecule has 0 atom stereocenters. The standard InChI is InChI=1S/C17H27NO4/c1-3-21-13-14-22-12-11-18-17(19)6-4-5-15-7-9-16(20-2)10-8-15/h7-10H,3-6,11-14H2,1-2H3,(H,18,19). The molecule has 0 aliphatic rings. The molecule has 0 aliphatic heterocycles. The van der Waals surface area contributed by atoms with E-state index in [0.29, 0.717) is 39.4 Å². The zero-order valence-electron chi connectivity index (χ0n) is 13.6. The number of benzene rings is 1. The molecular weight excluding hydrogens is 282 g/mol. The molecule has 0 bridgehead atoms. The van der Waals surface area contributed by atoms with Crippen LogP contribution in [0.25, 0.3) is 0 Å². The van der Waals surface area contributed by atoms with Crippen molar-refractivity contribution in [1.29, 1.82) is 0 Å². The van der Waals surface area contributed by atoms with E-state index in [2.05, 4.69) is 5.32 Å². The molecule has 5 nitrogen and oxygen atoms in total. The number of amides is 1. The van der Waals surface area contributed by atoms with Gasteiger partial charge in [-0.05, 0) is 37.5 Å². The van der Waals surface area contributed by atoms with Gasteiger partial charge >= 0.3 is 0 Å². The molecule has 1 N–H and O–H groups in total. The summed E-state index contributed by atoms with van der Waals surface area (Å²) in [5.74, 6) is 0.924. The van der Waals surface area contributed by atoms with Crippen molar-refractivity contribution in [3.8, 4) is 5.75 Å². The number of ether oxygens (including phenoxy) is 3. The predicted octanol–water partition coefficient (Wildman–Crippen LogP) is 2.19. The predicted molar refractivity (Wildman–Crippen MR) is 86.3 cm³/mol. The minimum absolute atomic E-state index is 0.0712. The molecule has 0 aliphatic carbocycles. The van der Waals surface area contributed by atoms with Gasteiger partial charge in [-0.15, -0.1) is 0 Å². The highest BCUT2D eigenvalue weighted by Crippen LogP contribution is 2.13. The Labute approximate surface area is 132 Å². The van der Waals surface area contributed by atoms with E-state index < -0.39 is 0 Å². The van der Waals surface area contributed by atoms with Crippen LogP contribution in [0.2, 0.25) is 0 Å². The fraction of sp³-hybridized carbons (Fsp3) is 0.588. The summed E-state index contributed by atoms with van der Waals surface area (Å²) in [6, 6.07) is 7.94. The lowest BCUT2D eigenvalue weighted by molar-refractivity contribution is -0.121. The molecular formula is C17H27NO4. The number of aryl methyl sites for hydroxylation is 1. The number of rotatable bonds is 12. The normalized spacial score (nSPS) is 10.5. The van der Waals surface area contributed by atoms with Crippen molar-refractivity contribution in [3.63, 3.8) is 0 Å². The zero-order chi connectivity index (χ0) is 16.0. The second-order valence-corrected chi connectivity index (χ2v) is 4.86. The Morgan fingerprint density at radius 3 is 2.50 bits per heavy atom. The summed E-state index contributed by atoms with van der Waals surface area (Å²) in [7, 11) is 1.65. The van der Waals surface area contributed by atoms with Crippen LogP contribution in [-0.2, 0) is 20.7 Å². The maximum Gasteiger partial charge on any atom is 0.220 e. The molecule has 0 saturated heterocycles. The summed E-state index contributed by atoms with van der Waals surface area (Å²) >= 11 is 0. The lowest BCUT2D eigenvalue weighted by Gasteiger charge is -2.07. The summed E-state index contributed by atoms with van der Waals surface area (Å²) < 4.78 is 15.6. The van der Waals surface area contributed by atoms with Crippen molar-refractivity contribution in [2.75, 3.05) is 40.1 Å². The lowest BCUT2D eigenvalue weighted by atomic mass is 10.1. The molecule has 22 heavy (non-hydrogen) atoms. The topological polar surface area (TPSA) is 56.8 Å². The van der Waals surface area contributed by atoms with E-state index in [1.165, 1.54) is 5.56 Å². The number of hydrogen-bond acceptors (Lipinski definition) is 4. The average molecular weight is 309 g/mol. The van der Waals surface area contributed by atoms with Gasteiger partial charge in [-0.2, -0.15) is 0 Å². The molecule has 5 heteroatoms. The number of carbonyl (C=O) groups is 1. The van der Waals surface area contributed by atoms with E-state index in [4.69, 9.17) is 14.2 Å².